The van der Waals surface area contributed by atoms with Gasteiger partial charge in [0, 0.05) is 18.5 Å². The summed E-state index contributed by atoms with van der Waals surface area (Å²) >= 11 is 0. The van der Waals surface area contributed by atoms with Gasteiger partial charge in [-0.05, 0) is 49.2 Å². The molecule has 6 nitrogen and oxygen atoms in total. The zero-order chi connectivity index (χ0) is 23.9. The van der Waals surface area contributed by atoms with Crippen molar-refractivity contribution in [1.82, 2.24) is 10.2 Å². The zero-order valence-electron chi connectivity index (χ0n) is 19.9. The highest BCUT2D eigenvalue weighted by Crippen LogP contribution is 2.35. The second-order valence-electron chi connectivity index (χ2n) is 9.21. The van der Waals surface area contributed by atoms with Gasteiger partial charge in [0.05, 0.1) is 6.54 Å². The number of rotatable bonds is 8. The highest BCUT2D eigenvalue weighted by Gasteiger charge is 2.27. The lowest BCUT2D eigenvalue weighted by atomic mass is 9.95. The van der Waals surface area contributed by atoms with Crippen molar-refractivity contribution in [3.05, 3.63) is 90.0 Å². The van der Waals surface area contributed by atoms with E-state index >= 15 is 0 Å². The average molecular weight is 473 g/mol. The Labute approximate surface area is 206 Å². The molecule has 6 heteroatoms. The standard InChI is InChI=1S/C29H32N2O4/c32-29(24-13-15-31(16-14-24)19-22-7-3-1-4-8-22)30-18-26-21-34-27-12-11-25(17-28(27)35-26)33-20-23-9-5-2-6-10-23/h1-12,17,24,26H,13-16,18-21H2,(H,30,32)/t26-/m1/s1. The molecule has 2 aliphatic rings. The van der Waals surface area contributed by atoms with Crippen molar-refractivity contribution in [1.29, 1.82) is 0 Å². The summed E-state index contributed by atoms with van der Waals surface area (Å²) in [4.78, 5) is 15.2. The molecule has 0 spiro atoms. The number of fused-ring (bicyclic) bond motifs is 1. The number of hydrogen-bond donors (Lipinski definition) is 1. The average Bonchev–Trinajstić information content (AvgIpc) is 2.92. The van der Waals surface area contributed by atoms with E-state index in [0.29, 0.717) is 31.3 Å². The minimum atomic E-state index is -0.228. The summed E-state index contributed by atoms with van der Waals surface area (Å²) in [6.45, 7) is 4.15. The summed E-state index contributed by atoms with van der Waals surface area (Å²) in [7, 11) is 0. The predicted molar refractivity (Wildman–Crippen MR) is 135 cm³/mol. The molecule has 5 rings (SSSR count). The first-order chi connectivity index (χ1) is 17.2. The maximum absolute atomic E-state index is 12.8. The van der Waals surface area contributed by atoms with Gasteiger partial charge in [-0.3, -0.25) is 9.69 Å². The number of benzene rings is 3. The first kappa shape index (κ1) is 23.2. The number of hydrogen-bond acceptors (Lipinski definition) is 5. The number of nitrogens with zero attached hydrogens (tertiary/aromatic N) is 1. The van der Waals surface area contributed by atoms with Crippen LogP contribution in [0.3, 0.4) is 0 Å². The van der Waals surface area contributed by atoms with Crippen LogP contribution in [0.4, 0.5) is 0 Å². The van der Waals surface area contributed by atoms with Crippen molar-refractivity contribution in [2.24, 2.45) is 5.92 Å². The van der Waals surface area contributed by atoms with Gasteiger partial charge in [0.1, 0.15) is 25.1 Å². The third-order valence-corrected chi connectivity index (χ3v) is 6.59. The Balaban J connectivity index is 1.07. The Hall–Kier alpha value is -3.51. The van der Waals surface area contributed by atoms with Crippen molar-refractivity contribution in [2.75, 3.05) is 26.2 Å². The van der Waals surface area contributed by atoms with Crippen LogP contribution in [0.5, 0.6) is 17.2 Å². The lowest BCUT2D eigenvalue weighted by Crippen LogP contribution is -2.45. The van der Waals surface area contributed by atoms with E-state index < -0.39 is 0 Å². The van der Waals surface area contributed by atoms with E-state index in [9.17, 15) is 4.79 Å². The van der Waals surface area contributed by atoms with Crippen molar-refractivity contribution >= 4 is 5.91 Å². The summed E-state index contributed by atoms with van der Waals surface area (Å²) in [6.07, 6.45) is 1.53. The molecule has 1 amide bonds. The Morgan fingerprint density at radius 2 is 1.63 bits per heavy atom. The molecule has 2 heterocycles. The van der Waals surface area contributed by atoms with Gasteiger partial charge in [0.2, 0.25) is 5.91 Å². The fourth-order valence-electron chi connectivity index (χ4n) is 4.58. The third-order valence-electron chi connectivity index (χ3n) is 6.59. The molecular formula is C29H32N2O4. The molecule has 0 saturated carbocycles. The third kappa shape index (κ3) is 6.34. The van der Waals surface area contributed by atoms with Crippen LogP contribution in [-0.4, -0.2) is 43.2 Å². The van der Waals surface area contributed by atoms with E-state index in [2.05, 4.69) is 34.5 Å². The van der Waals surface area contributed by atoms with E-state index in [1.165, 1.54) is 5.56 Å². The molecule has 1 N–H and O–H groups in total. The molecular weight excluding hydrogens is 440 g/mol. The molecule has 182 valence electrons. The molecule has 1 atom stereocenters. The van der Waals surface area contributed by atoms with Gasteiger partial charge in [-0.1, -0.05) is 60.7 Å². The second-order valence-corrected chi connectivity index (χ2v) is 9.21. The predicted octanol–water partition coefficient (Wildman–Crippen LogP) is 4.43. The lowest BCUT2D eigenvalue weighted by molar-refractivity contribution is -0.127. The topological polar surface area (TPSA) is 60.0 Å². The van der Waals surface area contributed by atoms with Gasteiger partial charge in [-0.15, -0.1) is 0 Å². The smallest absolute Gasteiger partial charge is 0.223 e. The van der Waals surface area contributed by atoms with E-state index in [-0.39, 0.29) is 17.9 Å². The monoisotopic (exact) mass is 472 g/mol. The number of carbonyl (C=O) groups is 1. The van der Waals surface area contributed by atoms with Gasteiger partial charge in [0.25, 0.3) is 0 Å². The summed E-state index contributed by atoms with van der Waals surface area (Å²) in [5, 5.41) is 3.09. The van der Waals surface area contributed by atoms with Crippen molar-refractivity contribution in [2.45, 2.75) is 32.1 Å². The van der Waals surface area contributed by atoms with E-state index in [0.717, 1.165) is 43.8 Å². The van der Waals surface area contributed by atoms with Gasteiger partial charge >= 0.3 is 0 Å². The minimum Gasteiger partial charge on any atom is -0.489 e. The van der Waals surface area contributed by atoms with Crippen LogP contribution < -0.4 is 19.5 Å². The fourth-order valence-corrected chi connectivity index (χ4v) is 4.58. The largest absolute Gasteiger partial charge is 0.489 e. The van der Waals surface area contributed by atoms with Crippen molar-refractivity contribution in [3.63, 3.8) is 0 Å². The van der Waals surface area contributed by atoms with Gasteiger partial charge in [-0.2, -0.15) is 0 Å². The van der Waals surface area contributed by atoms with Gasteiger partial charge < -0.3 is 19.5 Å². The van der Waals surface area contributed by atoms with Crippen LogP contribution in [-0.2, 0) is 17.9 Å². The first-order valence-corrected chi connectivity index (χ1v) is 12.4. The number of carbonyl (C=O) groups excluding carboxylic acids is 1. The molecule has 0 aromatic heterocycles. The van der Waals surface area contributed by atoms with Crippen LogP contribution in [0, 0.1) is 5.92 Å². The molecule has 3 aromatic carbocycles. The second kappa shape index (κ2) is 11.3. The Kier molecular flexibility index (Phi) is 7.49. The summed E-state index contributed by atoms with van der Waals surface area (Å²) in [5.74, 6) is 2.24. The van der Waals surface area contributed by atoms with Gasteiger partial charge in [-0.25, -0.2) is 0 Å². The normalized spacial score (nSPS) is 18.1. The molecule has 1 saturated heterocycles. The molecule has 2 aliphatic heterocycles. The fraction of sp³-hybridized carbons (Fsp3) is 0.345. The number of amides is 1. The Bertz CT molecular complexity index is 1100. The van der Waals surface area contributed by atoms with Crippen LogP contribution in [0.2, 0.25) is 0 Å². The number of piperidine rings is 1. The number of nitrogens with one attached hydrogen (secondary N) is 1. The lowest BCUT2D eigenvalue weighted by Gasteiger charge is -2.32. The Morgan fingerprint density at radius 1 is 0.914 bits per heavy atom. The van der Waals surface area contributed by atoms with Crippen LogP contribution in [0.1, 0.15) is 24.0 Å². The summed E-state index contributed by atoms with van der Waals surface area (Å²) in [5.41, 5.74) is 2.42. The van der Waals surface area contributed by atoms with Crippen molar-refractivity contribution in [3.8, 4) is 17.2 Å². The SMILES string of the molecule is O=C(NC[C@@H]1COc2ccc(OCc3ccccc3)cc2O1)C1CCN(Cc2ccccc2)CC1. The number of ether oxygens (including phenoxy) is 3. The van der Waals surface area contributed by atoms with Crippen LogP contribution in [0.25, 0.3) is 0 Å². The van der Waals surface area contributed by atoms with Crippen LogP contribution >= 0.6 is 0 Å². The summed E-state index contributed by atoms with van der Waals surface area (Å²) in [6, 6.07) is 26.1. The maximum Gasteiger partial charge on any atom is 0.223 e. The molecule has 0 radical (unpaired) electrons. The Morgan fingerprint density at radius 3 is 2.37 bits per heavy atom. The molecule has 35 heavy (non-hydrogen) atoms. The maximum atomic E-state index is 12.8. The van der Waals surface area contributed by atoms with E-state index in [1.807, 2.05) is 54.6 Å². The highest BCUT2D eigenvalue weighted by molar-refractivity contribution is 5.78. The van der Waals surface area contributed by atoms with E-state index in [4.69, 9.17) is 14.2 Å². The quantitative estimate of drug-likeness (QED) is 0.526. The minimum absolute atomic E-state index is 0.0526. The number of likely N-dealkylation sites (tertiary alicyclic amines) is 1. The molecule has 3 aromatic rings. The summed E-state index contributed by atoms with van der Waals surface area (Å²) < 4.78 is 17.9. The van der Waals surface area contributed by atoms with Crippen molar-refractivity contribution < 1.29 is 19.0 Å². The van der Waals surface area contributed by atoms with E-state index in [1.54, 1.807) is 0 Å². The van der Waals surface area contributed by atoms with Gasteiger partial charge in [0.15, 0.2) is 11.5 Å². The molecule has 0 unspecified atom stereocenters. The molecule has 0 bridgehead atoms. The first-order valence-electron chi connectivity index (χ1n) is 12.4. The molecule has 0 aliphatic carbocycles. The van der Waals surface area contributed by atoms with Crippen LogP contribution in [0.15, 0.2) is 78.9 Å². The highest BCUT2D eigenvalue weighted by atomic mass is 16.6. The zero-order valence-corrected chi connectivity index (χ0v) is 19.9. The molecule has 1 fully saturated rings.